The van der Waals surface area contributed by atoms with Crippen LogP contribution in [0.2, 0.25) is 0 Å². The van der Waals surface area contributed by atoms with Crippen LogP contribution >= 0.6 is 0 Å². The van der Waals surface area contributed by atoms with Gasteiger partial charge >= 0.3 is 6.16 Å². The van der Waals surface area contributed by atoms with Gasteiger partial charge in [0.05, 0.1) is 48.9 Å². The number of piperazine rings is 1. The quantitative estimate of drug-likeness (QED) is 0.196. The Hall–Kier alpha value is -5.60. The molecule has 53 heavy (non-hydrogen) atoms. The number of aromatic nitrogens is 4. The number of carbonyl (C=O) groups excluding carboxylic acids is 1. The van der Waals surface area contributed by atoms with Gasteiger partial charge in [-0.3, -0.25) is 9.59 Å². The van der Waals surface area contributed by atoms with Crippen LogP contribution in [0.5, 0.6) is 0 Å². The molecule has 0 atom stereocenters. The van der Waals surface area contributed by atoms with E-state index in [4.69, 9.17) is 9.57 Å². The molecule has 2 aromatic carbocycles. The molecule has 4 heterocycles. The van der Waals surface area contributed by atoms with Crippen molar-refractivity contribution in [1.29, 1.82) is 0 Å². The summed E-state index contributed by atoms with van der Waals surface area (Å²) in [6, 6.07) is 13.6. The number of aliphatic hydroxyl groups is 1. The normalized spacial score (nSPS) is 14.0. The zero-order valence-electron chi connectivity index (χ0n) is 30.9. The molecule has 5 aromatic rings. The fourth-order valence-corrected chi connectivity index (χ4v) is 6.19. The summed E-state index contributed by atoms with van der Waals surface area (Å²) >= 11 is 0. The van der Waals surface area contributed by atoms with Crippen molar-refractivity contribution in [2.75, 3.05) is 36.4 Å². The van der Waals surface area contributed by atoms with Gasteiger partial charge in [-0.15, -0.1) is 5.06 Å². The van der Waals surface area contributed by atoms with Crippen LogP contribution in [0.3, 0.4) is 0 Å². The minimum Gasteiger partial charge on any atom is -0.427 e. The molecule has 0 aliphatic carbocycles. The SMILES string of the molecule is Cn1cc(-c2cccc(-n3ncc4cc(C(C)(C)C)cc(F)c4c3=O)c2CO)cc(Nc2ccc(N3CCN(OC(=O)OC(C)(C)C)CC3)cn2)c1=O. The van der Waals surface area contributed by atoms with Crippen LogP contribution in [0.4, 0.5) is 26.4 Å². The van der Waals surface area contributed by atoms with E-state index in [1.165, 1.54) is 16.8 Å². The maximum absolute atomic E-state index is 15.4. The summed E-state index contributed by atoms with van der Waals surface area (Å²) < 4.78 is 23.2. The highest BCUT2D eigenvalue weighted by molar-refractivity contribution is 5.83. The van der Waals surface area contributed by atoms with Crippen LogP contribution < -0.4 is 21.3 Å². The first-order valence-corrected chi connectivity index (χ1v) is 17.3. The molecule has 3 aromatic heterocycles. The minimum absolute atomic E-state index is 0.0936. The molecule has 6 rings (SSSR count). The van der Waals surface area contributed by atoms with E-state index in [0.29, 0.717) is 54.1 Å². The highest BCUT2D eigenvalue weighted by Gasteiger charge is 2.25. The first kappa shape index (κ1) is 37.2. The van der Waals surface area contributed by atoms with E-state index < -0.39 is 29.7 Å². The lowest BCUT2D eigenvalue weighted by Crippen LogP contribution is -2.47. The third-order valence-corrected chi connectivity index (χ3v) is 8.94. The van der Waals surface area contributed by atoms with Gasteiger partial charge in [-0.05, 0) is 73.7 Å². The number of hydroxylamine groups is 2. The number of nitrogens with one attached hydrogen (secondary N) is 1. The highest BCUT2D eigenvalue weighted by atomic mass is 19.1. The number of fused-ring (bicyclic) bond motifs is 1. The molecule has 0 spiro atoms. The lowest BCUT2D eigenvalue weighted by Gasteiger charge is -2.34. The third-order valence-electron chi connectivity index (χ3n) is 8.94. The highest BCUT2D eigenvalue weighted by Crippen LogP contribution is 2.31. The van der Waals surface area contributed by atoms with Crippen molar-refractivity contribution in [2.24, 2.45) is 7.05 Å². The van der Waals surface area contributed by atoms with Gasteiger partial charge in [0, 0.05) is 42.8 Å². The van der Waals surface area contributed by atoms with E-state index >= 15 is 4.39 Å². The van der Waals surface area contributed by atoms with E-state index in [0.717, 1.165) is 15.9 Å². The molecule has 14 heteroatoms. The third kappa shape index (κ3) is 8.08. The number of pyridine rings is 2. The number of ether oxygens (including phenoxy) is 1. The molecule has 0 bridgehead atoms. The van der Waals surface area contributed by atoms with Crippen molar-refractivity contribution in [3.05, 3.63) is 105 Å². The smallest absolute Gasteiger partial charge is 0.427 e. The predicted molar refractivity (Wildman–Crippen MR) is 201 cm³/mol. The summed E-state index contributed by atoms with van der Waals surface area (Å²) in [5.41, 5.74) is 1.72. The van der Waals surface area contributed by atoms with E-state index in [-0.39, 0.29) is 27.7 Å². The van der Waals surface area contributed by atoms with Crippen LogP contribution in [0.15, 0.2) is 76.7 Å². The lowest BCUT2D eigenvalue weighted by molar-refractivity contribution is -0.144. The Kier molecular flexibility index (Phi) is 10.1. The summed E-state index contributed by atoms with van der Waals surface area (Å²) in [6.45, 7) is 12.9. The maximum Gasteiger partial charge on any atom is 0.528 e. The Balaban J connectivity index is 1.23. The molecule has 0 saturated carbocycles. The number of rotatable bonds is 7. The number of benzene rings is 2. The molecule has 2 N–H and O–H groups in total. The summed E-state index contributed by atoms with van der Waals surface area (Å²) in [5, 5.41) is 20.0. The summed E-state index contributed by atoms with van der Waals surface area (Å²) in [4.78, 5) is 51.0. The van der Waals surface area contributed by atoms with E-state index in [1.54, 1.807) is 81.7 Å². The van der Waals surface area contributed by atoms with Crippen molar-refractivity contribution in [3.63, 3.8) is 0 Å². The van der Waals surface area contributed by atoms with Gasteiger partial charge in [-0.1, -0.05) is 32.9 Å². The summed E-state index contributed by atoms with van der Waals surface area (Å²) in [5.74, 6) is -0.201. The zero-order valence-corrected chi connectivity index (χ0v) is 30.9. The number of aryl methyl sites for hydroxylation is 1. The van der Waals surface area contributed by atoms with Crippen LogP contribution in [0, 0.1) is 5.82 Å². The Labute approximate surface area is 306 Å². The fraction of sp³-hybridized carbons (Fsp3) is 0.359. The molecule has 1 fully saturated rings. The van der Waals surface area contributed by atoms with Gasteiger partial charge in [0.2, 0.25) is 0 Å². The lowest BCUT2D eigenvalue weighted by atomic mass is 9.86. The Bertz CT molecular complexity index is 2280. The monoisotopic (exact) mass is 725 g/mol. The van der Waals surface area contributed by atoms with Crippen LogP contribution in [-0.2, 0) is 28.6 Å². The molecule has 0 unspecified atom stereocenters. The average Bonchev–Trinajstić information content (AvgIpc) is 3.09. The molecule has 278 valence electrons. The minimum atomic E-state index is -0.734. The topological polar surface area (TPSA) is 144 Å². The largest absolute Gasteiger partial charge is 0.528 e. The number of carbonyl (C=O) groups is 1. The molecule has 1 aliphatic heterocycles. The summed E-state index contributed by atoms with van der Waals surface area (Å²) in [7, 11) is 1.62. The van der Waals surface area contributed by atoms with Crippen LogP contribution in [-0.4, -0.2) is 67.4 Å². The van der Waals surface area contributed by atoms with Crippen molar-refractivity contribution < 1.29 is 23.9 Å². The van der Waals surface area contributed by atoms with E-state index in [1.807, 2.05) is 26.8 Å². The van der Waals surface area contributed by atoms with Crippen LogP contribution in [0.1, 0.15) is 52.7 Å². The van der Waals surface area contributed by atoms with Gasteiger partial charge in [-0.2, -0.15) is 9.78 Å². The molecule has 1 saturated heterocycles. The first-order valence-electron chi connectivity index (χ1n) is 17.3. The summed E-state index contributed by atoms with van der Waals surface area (Å²) in [6.07, 6.45) is 4.06. The second kappa shape index (κ2) is 14.4. The Morgan fingerprint density at radius 2 is 1.70 bits per heavy atom. The maximum atomic E-state index is 15.4. The number of hydrogen-bond donors (Lipinski definition) is 2. The molecule has 13 nitrogen and oxygen atoms in total. The van der Waals surface area contributed by atoms with E-state index in [9.17, 15) is 19.5 Å². The predicted octanol–water partition coefficient (Wildman–Crippen LogP) is 5.81. The van der Waals surface area contributed by atoms with Crippen LogP contribution in [0.25, 0.3) is 27.6 Å². The van der Waals surface area contributed by atoms with Crippen molar-refractivity contribution in [3.8, 4) is 16.8 Å². The van der Waals surface area contributed by atoms with Crippen molar-refractivity contribution in [1.82, 2.24) is 24.4 Å². The number of nitrogens with zero attached hydrogens (tertiary/aromatic N) is 6. The number of hydrogen-bond acceptors (Lipinski definition) is 11. The van der Waals surface area contributed by atoms with Gasteiger partial charge < -0.3 is 29.5 Å². The molecular weight excluding hydrogens is 681 g/mol. The molecular formula is C39H44FN7O6. The molecule has 0 radical (unpaired) electrons. The first-order chi connectivity index (χ1) is 25.0. The Morgan fingerprint density at radius 3 is 2.34 bits per heavy atom. The molecule has 1 aliphatic rings. The fourth-order valence-electron chi connectivity index (χ4n) is 6.19. The number of aliphatic hydroxyl groups excluding tert-OH is 1. The van der Waals surface area contributed by atoms with Crippen molar-refractivity contribution >= 4 is 34.1 Å². The Morgan fingerprint density at radius 1 is 0.962 bits per heavy atom. The van der Waals surface area contributed by atoms with Gasteiger partial charge in [0.1, 0.15) is 22.9 Å². The average molecular weight is 726 g/mol. The van der Waals surface area contributed by atoms with Gasteiger partial charge in [-0.25, -0.2) is 14.2 Å². The second-order valence-corrected chi connectivity index (χ2v) is 15.1. The van der Waals surface area contributed by atoms with E-state index in [2.05, 4.69) is 20.3 Å². The number of anilines is 3. The standard InChI is InChI=1S/C39H44FN7O6/c1-38(2,3)26-17-24-20-42-47(36(50)34(24)30(40)19-26)32-10-8-9-28(29(32)23-48)25-18-31(35(49)44(7)22-25)43-33-12-11-27(21-41-33)45-13-15-46(16-14-45)53-37(51)52-39(4,5)6/h8-12,17-22,48H,13-16,23H2,1-7H3,(H,41,43). The second-order valence-electron chi connectivity index (χ2n) is 15.1. The van der Waals surface area contributed by atoms with Gasteiger partial charge in [0.25, 0.3) is 11.1 Å². The number of halogens is 1. The van der Waals surface area contributed by atoms with Gasteiger partial charge in [0.15, 0.2) is 0 Å². The van der Waals surface area contributed by atoms with Crippen molar-refractivity contribution in [2.45, 2.75) is 59.2 Å². The zero-order chi connectivity index (χ0) is 38.2. The molecule has 0 amide bonds.